The van der Waals surface area contributed by atoms with E-state index in [4.69, 9.17) is 5.73 Å². The maximum absolute atomic E-state index is 13.3. The zero-order chi connectivity index (χ0) is 14.1. The van der Waals surface area contributed by atoms with Crippen LogP contribution in [0.15, 0.2) is 0 Å². The molecule has 0 spiro atoms. The molecule has 18 heavy (non-hydrogen) atoms. The predicted molar refractivity (Wildman–Crippen MR) is 60.7 cm³/mol. The van der Waals surface area contributed by atoms with Crippen molar-refractivity contribution in [1.29, 1.82) is 0 Å². The van der Waals surface area contributed by atoms with E-state index in [2.05, 4.69) is 0 Å². The summed E-state index contributed by atoms with van der Waals surface area (Å²) in [6.45, 7) is 3.39. The number of hydrogen-bond donors (Lipinski definition) is 1. The summed E-state index contributed by atoms with van der Waals surface area (Å²) >= 11 is 1.00. The van der Waals surface area contributed by atoms with E-state index < -0.39 is 40.2 Å². The zero-order valence-corrected chi connectivity index (χ0v) is 10.6. The van der Waals surface area contributed by atoms with Crippen LogP contribution in [0.4, 0.5) is 22.0 Å². The summed E-state index contributed by atoms with van der Waals surface area (Å²) in [4.78, 5) is 0. The summed E-state index contributed by atoms with van der Waals surface area (Å²) in [6.07, 6.45) is 0. The summed E-state index contributed by atoms with van der Waals surface area (Å²) in [6, 6.07) is 0. The zero-order valence-electron chi connectivity index (χ0n) is 9.79. The van der Waals surface area contributed by atoms with Crippen molar-refractivity contribution in [1.82, 2.24) is 0 Å². The van der Waals surface area contributed by atoms with Gasteiger partial charge in [0.25, 0.3) is 0 Å². The third-order valence-corrected chi connectivity index (χ3v) is 3.46. The van der Waals surface area contributed by atoms with E-state index in [0.29, 0.717) is 5.75 Å². The Balaban J connectivity index is 2.96. The van der Waals surface area contributed by atoms with Gasteiger partial charge in [-0.3, -0.25) is 0 Å². The molecule has 0 amide bonds. The highest BCUT2D eigenvalue weighted by molar-refractivity contribution is 7.98. The molecule has 0 saturated heterocycles. The molecular weight excluding hydrogens is 273 g/mol. The first-order chi connectivity index (χ1) is 8.15. The van der Waals surface area contributed by atoms with Gasteiger partial charge in [-0.25, -0.2) is 22.0 Å². The second-order valence-electron chi connectivity index (χ2n) is 4.53. The van der Waals surface area contributed by atoms with Crippen molar-refractivity contribution >= 4 is 11.8 Å². The fourth-order valence-corrected chi connectivity index (χ4v) is 2.28. The van der Waals surface area contributed by atoms with Crippen molar-refractivity contribution in [2.45, 2.75) is 25.1 Å². The molecule has 0 unspecified atom stereocenters. The lowest BCUT2D eigenvalue weighted by molar-refractivity contribution is 0.372. The lowest BCUT2D eigenvalue weighted by atomic mass is 10.1. The smallest absolute Gasteiger partial charge is 0.200 e. The van der Waals surface area contributed by atoms with Gasteiger partial charge in [-0.1, -0.05) is 0 Å². The number of nitrogens with two attached hydrogens (primary N) is 1. The molecule has 0 radical (unpaired) electrons. The van der Waals surface area contributed by atoms with Crippen LogP contribution in [0.5, 0.6) is 0 Å². The third-order valence-electron chi connectivity index (χ3n) is 2.02. The Hall–Kier alpha value is -0.820. The fraction of sp³-hybridized carbons (Fsp3) is 0.455. The van der Waals surface area contributed by atoms with Crippen molar-refractivity contribution in [3.63, 3.8) is 0 Å². The first kappa shape index (κ1) is 15.2. The summed E-state index contributed by atoms with van der Waals surface area (Å²) in [5.74, 6) is -9.55. The normalized spacial score (nSPS) is 12.0. The van der Waals surface area contributed by atoms with Crippen LogP contribution in [0, 0.1) is 29.1 Å². The summed E-state index contributed by atoms with van der Waals surface area (Å²) < 4.78 is 65.0. The highest BCUT2D eigenvalue weighted by Crippen LogP contribution is 2.27. The van der Waals surface area contributed by atoms with Gasteiger partial charge in [0.15, 0.2) is 23.3 Å². The van der Waals surface area contributed by atoms with Crippen molar-refractivity contribution in [3.8, 4) is 0 Å². The van der Waals surface area contributed by atoms with E-state index in [-0.39, 0.29) is 5.75 Å². The first-order valence-corrected chi connectivity index (χ1v) is 6.17. The molecule has 0 aromatic heterocycles. The van der Waals surface area contributed by atoms with Crippen LogP contribution in [0.3, 0.4) is 0 Å². The Kier molecular flexibility index (Phi) is 4.61. The van der Waals surface area contributed by atoms with E-state index >= 15 is 0 Å². The molecule has 102 valence electrons. The largest absolute Gasteiger partial charge is 0.325 e. The van der Waals surface area contributed by atoms with Crippen molar-refractivity contribution in [2.24, 2.45) is 5.73 Å². The molecule has 0 saturated carbocycles. The van der Waals surface area contributed by atoms with E-state index in [1.807, 2.05) is 0 Å². The molecule has 1 aromatic carbocycles. The first-order valence-electron chi connectivity index (χ1n) is 5.02. The van der Waals surface area contributed by atoms with Crippen LogP contribution in [-0.2, 0) is 5.75 Å². The standard InChI is InChI=1S/C11H12F5NS/c1-11(2,17)4-18-3-5-6(12)8(14)10(16)9(15)7(5)13/h3-4,17H2,1-2H3. The van der Waals surface area contributed by atoms with E-state index in [0.717, 1.165) is 11.8 Å². The van der Waals surface area contributed by atoms with E-state index in [1.165, 1.54) is 0 Å². The van der Waals surface area contributed by atoms with Crippen molar-refractivity contribution in [2.75, 3.05) is 5.75 Å². The van der Waals surface area contributed by atoms with Crippen LogP contribution < -0.4 is 5.73 Å². The average Bonchev–Trinajstić information content (AvgIpc) is 2.27. The number of thioether (sulfide) groups is 1. The van der Waals surface area contributed by atoms with E-state index in [1.54, 1.807) is 13.8 Å². The quantitative estimate of drug-likeness (QED) is 0.521. The van der Waals surface area contributed by atoms with E-state index in [9.17, 15) is 22.0 Å². The topological polar surface area (TPSA) is 26.0 Å². The van der Waals surface area contributed by atoms with Gasteiger partial charge in [0, 0.05) is 22.6 Å². The fourth-order valence-electron chi connectivity index (χ4n) is 1.19. The second-order valence-corrected chi connectivity index (χ2v) is 5.52. The number of benzene rings is 1. The van der Waals surface area contributed by atoms with Gasteiger partial charge in [-0.15, -0.1) is 0 Å². The maximum Gasteiger partial charge on any atom is 0.200 e. The van der Waals surface area contributed by atoms with Crippen molar-refractivity contribution < 1.29 is 22.0 Å². The predicted octanol–water partition coefficient (Wildman–Crippen LogP) is 3.35. The Morgan fingerprint density at radius 2 is 1.28 bits per heavy atom. The minimum Gasteiger partial charge on any atom is -0.325 e. The molecule has 0 aliphatic heterocycles. The summed E-state index contributed by atoms with van der Waals surface area (Å²) in [5, 5.41) is 0. The van der Waals surface area contributed by atoms with Gasteiger partial charge in [-0.2, -0.15) is 11.8 Å². The minimum absolute atomic E-state index is 0.326. The lowest BCUT2D eigenvalue weighted by Crippen LogP contribution is -2.34. The van der Waals surface area contributed by atoms with Crippen LogP contribution in [0.25, 0.3) is 0 Å². The third kappa shape index (κ3) is 3.35. The lowest BCUT2D eigenvalue weighted by Gasteiger charge is -2.17. The molecule has 1 nitrogen and oxygen atoms in total. The Bertz CT molecular complexity index is 427. The highest BCUT2D eigenvalue weighted by atomic mass is 32.2. The van der Waals surface area contributed by atoms with Gasteiger partial charge >= 0.3 is 0 Å². The molecule has 0 bridgehead atoms. The Labute approximate surface area is 106 Å². The molecule has 1 rings (SSSR count). The average molecular weight is 285 g/mol. The van der Waals surface area contributed by atoms with Crippen LogP contribution in [0.2, 0.25) is 0 Å². The number of halogens is 5. The Morgan fingerprint density at radius 1 is 0.889 bits per heavy atom. The highest BCUT2D eigenvalue weighted by Gasteiger charge is 2.25. The molecule has 0 atom stereocenters. The van der Waals surface area contributed by atoms with Gasteiger partial charge < -0.3 is 5.73 Å². The molecule has 0 fully saturated rings. The molecule has 0 heterocycles. The summed E-state index contributed by atoms with van der Waals surface area (Å²) in [7, 11) is 0. The molecule has 0 aliphatic rings. The monoisotopic (exact) mass is 285 g/mol. The van der Waals surface area contributed by atoms with Crippen LogP contribution >= 0.6 is 11.8 Å². The maximum atomic E-state index is 13.3. The molecule has 1 aromatic rings. The second kappa shape index (κ2) is 5.44. The van der Waals surface area contributed by atoms with Gasteiger partial charge in [-0.05, 0) is 13.8 Å². The number of hydrogen-bond acceptors (Lipinski definition) is 2. The van der Waals surface area contributed by atoms with Crippen LogP contribution in [-0.4, -0.2) is 11.3 Å². The number of rotatable bonds is 4. The minimum atomic E-state index is -2.14. The van der Waals surface area contributed by atoms with Gasteiger partial charge in [0.2, 0.25) is 5.82 Å². The van der Waals surface area contributed by atoms with Crippen molar-refractivity contribution in [3.05, 3.63) is 34.6 Å². The van der Waals surface area contributed by atoms with Crippen LogP contribution in [0.1, 0.15) is 19.4 Å². The van der Waals surface area contributed by atoms with Gasteiger partial charge in [0.1, 0.15) is 0 Å². The Morgan fingerprint density at radius 3 is 1.67 bits per heavy atom. The molecule has 7 heteroatoms. The SMILES string of the molecule is CC(C)(N)CSCc1c(F)c(F)c(F)c(F)c1F. The van der Waals surface area contributed by atoms with Gasteiger partial charge in [0.05, 0.1) is 0 Å². The summed E-state index contributed by atoms with van der Waals surface area (Å²) in [5.41, 5.74) is 4.24. The molecular formula is C11H12F5NS. The molecule has 2 N–H and O–H groups in total. The molecule has 0 aliphatic carbocycles.